The highest BCUT2D eigenvalue weighted by Gasteiger charge is 2.35. The number of aryl methyl sites for hydroxylation is 1. The molecule has 1 fully saturated rings. The highest BCUT2D eigenvalue weighted by Crippen LogP contribution is 2.35. The first-order valence-corrected chi connectivity index (χ1v) is 11.2. The average molecular weight is 478 g/mol. The van der Waals surface area contributed by atoms with Gasteiger partial charge in [-0.2, -0.15) is 13.2 Å². The van der Waals surface area contributed by atoms with E-state index in [9.17, 15) is 13.2 Å². The van der Waals surface area contributed by atoms with Gasteiger partial charge in [-0.25, -0.2) is 4.98 Å². The molecule has 7 nitrogen and oxygen atoms in total. The minimum atomic E-state index is -4.30. The number of halogens is 4. The van der Waals surface area contributed by atoms with E-state index in [-0.39, 0.29) is 19.0 Å². The molecule has 0 radical (unpaired) electrons. The molecule has 33 heavy (non-hydrogen) atoms. The van der Waals surface area contributed by atoms with Gasteiger partial charge in [0.05, 0.1) is 24.5 Å². The lowest BCUT2D eigenvalue weighted by atomic mass is 9.95. The van der Waals surface area contributed by atoms with Crippen molar-refractivity contribution in [2.75, 3.05) is 24.5 Å². The molecule has 174 valence electrons. The fourth-order valence-electron chi connectivity index (χ4n) is 4.78. The zero-order valence-electron chi connectivity index (χ0n) is 18.1. The molecular formula is C22H23ClF3N7. The van der Waals surface area contributed by atoms with Crippen LogP contribution < -0.4 is 4.90 Å². The molecule has 1 aromatic carbocycles. The van der Waals surface area contributed by atoms with Gasteiger partial charge in [0.15, 0.2) is 5.82 Å². The first-order valence-electron chi connectivity index (χ1n) is 10.8. The van der Waals surface area contributed by atoms with Crippen molar-refractivity contribution < 1.29 is 13.2 Å². The standard InChI is InChI=1S/C22H23ClF3N7/c1-14-20(28-7-6-27-14)32-8-4-15(5-9-32)21-30-29-19-12-31(13-22(24,25)26)11-16-10-17(23)2-3-18(16)33(19)21/h2-3,6-7,10,15H,4-5,8-9,11-13H2,1H3. The monoisotopic (exact) mass is 477 g/mol. The van der Waals surface area contributed by atoms with E-state index in [0.717, 1.165) is 54.5 Å². The van der Waals surface area contributed by atoms with Gasteiger partial charge in [-0.15, -0.1) is 10.2 Å². The summed E-state index contributed by atoms with van der Waals surface area (Å²) in [6, 6.07) is 5.34. The summed E-state index contributed by atoms with van der Waals surface area (Å²) in [6.07, 6.45) is 0.749. The summed E-state index contributed by atoms with van der Waals surface area (Å²) in [4.78, 5) is 12.4. The Balaban J connectivity index is 1.45. The third kappa shape index (κ3) is 4.54. The van der Waals surface area contributed by atoms with Crippen LogP contribution in [0.5, 0.6) is 0 Å². The van der Waals surface area contributed by atoms with Gasteiger partial charge < -0.3 is 4.90 Å². The number of alkyl halides is 3. The largest absolute Gasteiger partial charge is 0.401 e. The maximum atomic E-state index is 13.2. The highest BCUT2D eigenvalue weighted by atomic mass is 35.5. The van der Waals surface area contributed by atoms with E-state index in [1.165, 1.54) is 4.90 Å². The van der Waals surface area contributed by atoms with Crippen LogP contribution in [0.2, 0.25) is 5.02 Å². The lowest BCUT2D eigenvalue weighted by Gasteiger charge is -2.33. The molecule has 2 aliphatic heterocycles. The topological polar surface area (TPSA) is 63.0 Å². The fraction of sp³-hybridized carbons (Fsp3) is 0.455. The van der Waals surface area contributed by atoms with E-state index >= 15 is 0 Å². The lowest BCUT2D eigenvalue weighted by molar-refractivity contribution is -0.148. The van der Waals surface area contributed by atoms with E-state index in [1.54, 1.807) is 24.5 Å². The van der Waals surface area contributed by atoms with Crippen molar-refractivity contribution in [1.29, 1.82) is 0 Å². The first-order chi connectivity index (χ1) is 15.8. The quantitative estimate of drug-likeness (QED) is 0.561. The van der Waals surface area contributed by atoms with Crippen LogP contribution >= 0.6 is 11.6 Å². The van der Waals surface area contributed by atoms with Crippen LogP contribution in [0, 0.1) is 6.92 Å². The molecule has 4 heterocycles. The molecule has 11 heteroatoms. The maximum absolute atomic E-state index is 13.2. The summed E-state index contributed by atoms with van der Waals surface area (Å²) in [6.45, 7) is 2.72. The van der Waals surface area contributed by atoms with Gasteiger partial charge in [-0.1, -0.05) is 11.6 Å². The molecule has 0 amide bonds. The summed E-state index contributed by atoms with van der Waals surface area (Å²) in [5, 5.41) is 9.27. The van der Waals surface area contributed by atoms with E-state index < -0.39 is 12.7 Å². The van der Waals surface area contributed by atoms with Crippen molar-refractivity contribution in [3.05, 3.63) is 58.5 Å². The molecule has 2 aromatic heterocycles. The van der Waals surface area contributed by atoms with Crippen molar-refractivity contribution >= 4 is 17.4 Å². The van der Waals surface area contributed by atoms with E-state index in [0.29, 0.717) is 10.8 Å². The van der Waals surface area contributed by atoms with Gasteiger partial charge in [-0.3, -0.25) is 14.5 Å². The Labute approximate surface area is 194 Å². The number of hydrogen-bond donors (Lipinski definition) is 0. The minimum absolute atomic E-state index is 0.0659. The van der Waals surface area contributed by atoms with Crippen LogP contribution in [0.3, 0.4) is 0 Å². The van der Waals surface area contributed by atoms with Gasteiger partial charge in [-0.05, 0) is 43.5 Å². The molecule has 0 bridgehead atoms. The smallest absolute Gasteiger partial charge is 0.355 e. The van der Waals surface area contributed by atoms with Crippen molar-refractivity contribution in [3.63, 3.8) is 0 Å². The first kappa shape index (κ1) is 22.1. The Bertz CT molecular complexity index is 1160. The molecule has 0 N–H and O–H groups in total. The second-order valence-corrected chi connectivity index (χ2v) is 9.01. The molecule has 0 aliphatic carbocycles. The second kappa shape index (κ2) is 8.57. The summed E-state index contributed by atoms with van der Waals surface area (Å²) in [5.41, 5.74) is 2.42. The van der Waals surface area contributed by atoms with Crippen LogP contribution in [-0.2, 0) is 13.1 Å². The zero-order chi connectivity index (χ0) is 23.2. The molecule has 0 unspecified atom stereocenters. The number of aromatic nitrogens is 5. The number of fused-ring (bicyclic) bond motifs is 3. The van der Waals surface area contributed by atoms with Crippen LogP contribution in [0.25, 0.3) is 5.69 Å². The number of nitrogens with zero attached hydrogens (tertiary/aromatic N) is 7. The number of rotatable bonds is 3. The minimum Gasteiger partial charge on any atom is -0.355 e. The Kier molecular flexibility index (Phi) is 5.74. The molecule has 0 spiro atoms. The zero-order valence-corrected chi connectivity index (χ0v) is 18.8. The maximum Gasteiger partial charge on any atom is 0.401 e. The van der Waals surface area contributed by atoms with Crippen molar-refractivity contribution in [2.45, 2.75) is 44.9 Å². The highest BCUT2D eigenvalue weighted by molar-refractivity contribution is 6.30. The fourth-order valence-corrected chi connectivity index (χ4v) is 4.98. The number of benzene rings is 1. The summed E-state index contributed by atoms with van der Waals surface area (Å²) < 4.78 is 41.5. The summed E-state index contributed by atoms with van der Waals surface area (Å²) >= 11 is 6.19. The van der Waals surface area contributed by atoms with Crippen LogP contribution in [-0.4, -0.2) is 55.4 Å². The van der Waals surface area contributed by atoms with Crippen LogP contribution in [0.15, 0.2) is 30.6 Å². The third-order valence-electron chi connectivity index (χ3n) is 6.21. The Hall–Kier alpha value is -2.72. The van der Waals surface area contributed by atoms with E-state index in [2.05, 4.69) is 25.1 Å². The normalized spacial score (nSPS) is 17.5. The van der Waals surface area contributed by atoms with Crippen LogP contribution in [0.4, 0.5) is 19.0 Å². The number of hydrogen-bond acceptors (Lipinski definition) is 6. The predicted octanol–water partition coefficient (Wildman–Crippen LogP) is 4.28. The van der Waals surface area contributed by atoms with Gasteiger partial charge in [0.25, 0.3) is 0 Å². The Morgan fingerprint density at radius 3 is 2.55 bits per heavy atom. The average Bonchev–Trinajstić information content (AvgIpc) is 3.10. The summed E-state index contributed by atoms with van der Waals surface area (Å²) in [5.74, 6) is 2.33. The predicted molar refractivity (Wildman–Crippen MR) is 117 cm³/mol. The molecule has 1 saturated heterocycles. The van der Waals surface area contributed by atoms with Gasteiger partial charge in [0.1, 0.15) is 11.6 Å². The van der Waals surface area contributed by atoms with Gasteiger partial charge in [0, 0.05) is 43.0 Å². The lowest BCUT2D eigenvalue weighted by Crippen LogP contribution is -2.35. The van der Waals surface area contributed by atoms with Gasteiger partial charge >= 0.3 is 6.18 Å². The molecular weight excluding hydrogens is 455 g/mol. The molecule has 0 saturated carbocycles. The molecule has 3 aromatic rings. The summed E-state index contributed by atoms with van der Waals surface area (Å²) in [7, 11) is 0. The molecule has 5 rings (SSSR count). The van der Waals surface area contributed by atoms with E-state index in [4.69, 9.17) is 11.6 Å². The second-order valence-electron chi connectivity index (χ2n) is 8.57. The number of anilines is 1. The SMILES string of the molecule is Cc1nccnc1N1CCC(c2nnc3n2-c2ccc(Cl)cc2CN(CC(F)(F)F)C3)CC1. The van der Waals surface area contributed by atoms with Crippen molar-refractivity contribution in [3.8, 4) is 5.69 Å². The molecule has 0 atom stereocenters. The van der Waals surface area contributed by atoms with Crippen molar-refractivity contribution in [2.24, 2.45) is 0 Å². The van der Waals surface area contributed by atoms with Crippen molar-refractivity contribution in [1.82, 2.24) is 29.6 Å². The van der Waals surface area contributed by atoms with Crippen LogP contribution in [0.1, 0.15) is 41.7 Å². The number of piperidine rings is 1. The van der Waals surface area contributed by atoms with E-state index in [1.807, 2.05) is 17.6 Å². The Morgan fingerprint density at radius 1 is 1.06 bits per heavy atom. The Morgan fingerprint density at radius 2 is 1.82 bits per heavy atom. The third-order valence-corrected chi connectivity index (χ3v) is 6.45. The van der Waals surface area contributed by atoms with Gasteiger partial charge in [0.2, 0.25) is 0 Å². The molecule has 2 aliphatic rings.